The molecule has 0 bridgehead atoms. The summed E-state index contributed by atoms with van der Waals surface area (Å²) in [5.41, 5.74) is 36.5. The van der Waals surface area contributed by atoms with E-state index in [1.807, 2.05) is 188 Å². The van der Waals surface area contributed by atoms with Gasteiger partial charge in [-0.3, -0.25) is 30.3 Å². The third-order valence-electron chi connectivity index (χ3n) is 8.04. The van der Waals surface area contributed by atoms with Gasteiger partial charge in [-0.1, -0.05) is 166 Å². The number of para-hydroxylation sites is 2. The van der Waals surface area contributed by atoms with Crippen LogP contribution in [0.25, 0.3) is 21.8 Å². The van der Waals surface area contributed by atoms with Crippen LogP contribution in [-0.4, -0.2) is 32.8 Å². The summed E-state index contributed by atoms with van der Waals surface area (Å²) in [5.74, 6) is 2.98. The van der Waals surface area contributed by atoms with Gasteiger partial charge in [0, 0.05) is 85.9 Å². The lowest BCUT2D eigenvalue weighted by molar-refractivity contribution is -0.385. The minimum atomic E-state index is -1.45. The highest BCUT2D eigenvalue weighted by molar-refractivity contribution is 9.11. The number of aromatic amines is 2. The summed E-state index contributed by atoms with van der Waals surface area (Å²) in [5, 5.41) is 33.2. The molecule has 0 saturated carbocycles. The average Bonchev–Trinajstić information content (AvgIpc) is 4.14. The predicted octanol–water partition coefficient (Wildman–Crippen LogP) is 19.3. The second-order valence-electron chi connectivity index (χ2n) is 14.3. The fraction of sp³-hybridized carbons (Fsp3) is 0.300. The first-order valence-corrected chi connectivity index (χ1v) is 30.9. The number of hydrogen-bond acceptors (Lipinski definition) is 11. The molecular weight excluding hydrogens is 1140 g/mol. The SMILES string of the molecule is C.CC.CC.CC.CC.CC.CC.CC.C[Si](C)(C)C#Cc1ccc([N+](=O)[O-])cc1N.Nc1cc([N+](=O)[O-])ccc1Br.Nc1ccc2cc[nH]c2c1.Nc1ccccc1.Nc1ccccc1Br.O=[N+]([O-])c1ccc2cc[nH]c2c1. The van der Waals surface area contributed by atoms with Crippen LogP contribution in [0.1, 0.15) is 110 Å². The lowest BCUT2D eigenvalue weighted by atomic mass is 10.2. The number of nitrogens with two attached hydrogens (primary N) is 5. The van der Waals surface area contributed by atoms with Crippen LogP contribution in [0, 0.1) is 41.8 Å². The number of non-ortho nitro benzene ring substituents is 3. The first kappa shape index (κ1) is 82.7. The van der Waals surface area contributed by atoms with Crippen LogP contribution < -0.4 is 28.7 Å². The van der Waals surface area contributed by atoms with Crippen molar-refractivity contribution >= 4 is 107 Å². The Labute approximate surface area is 490 Å². The summed E-state index contributed by atoms with van der Waals surface area (Å²) in [6, 6.07) is 40.2. The fourth-order valence-corrected chi connectivity index (χ4v) is 5.86. The van der Waals surface area contributed by atoms with E-state index in [1.54, 1.807) is 24.4 Å². The summed E-state index contributed by atoms with van der Waals surface area (Å²) >= 11 is 6.40. The second kappa shape index (κ2) is 51.1. The van der Waals surface area contributed by atoms with E-state index in [4.69, 9.17) is 28.7 Å². The molecule has 79 heavy (non-hydrogen) atoms. The van der Waals surface area contributed by atoms with Crippen LogP contribution in [-0.2, 0) is 0 Å². The minimum Gasteiger partial charge on any atom is -0.399 e. The number of fused-ring (bicyclic) bond motifs is 2. The number of nitrogens with zero attached hydrogens (tertiary/aromatic N) is 3. The van der Waals surface area contributed by atoms with Crippen molar-refractivity contribution in [3.63, 3.8) is 0 Å². The number of rotatable bonds is 3. The maximum Gasteiger partial charge on any atom is 0.271 e. The van der Waals surface area contributed by atoms with Crippen LogP contribution in [0.2, 0.25) is 19.6 Å². The Morgan fingerprint density at radius 2 is 0.810 bits per heavy atom. The molecule has 0 radical (unpaired) electrons. The smallest absolute Gasteiger partial charge is 0.271 e. The Hall–Kier alpha value is -7.66. The van der Waals surface area contributed by atoms with E-state index in [0.717, 1.165) is 38.0 Å². The number of H-pyrrole nitrogens is 2. The second-order valence-corrected chi connectivity index (χ2v) is 20.7. The number of benzene rings is 6. The van der Waals surface area contributed by atoms with Gasteiger partial charge in [-0.05, 0) is 109 Å². The normalized spacial score (nSPS) is 8.54. The first-order chi connectivity index (χ1) is 37.2. The van der Waals surface area contributed by atoms with E-state index in [1.165, 1.54) is 41.8 Å². The van der Waals surface area contributed by atoms with E-state index in [0.29, 0.717) is 21.4 Å². The van der Waals surface area contributed by atoms with Gasteiger partial charge in [0.15, 0.2) is 0 Å². The highest BCUT2D eigenvalue weighted by Crippen LogP contribution is 2.24. The molecule has 2 aromatic heterocycles. The summed E-state index contributed by atoms with van der Waals surface area (Å²) in [6.45, 7) is 34.4. The zero-order valence-corrected chi connectivity index (χ0v) is 53.0. The number of halogens is 2. The first-order valence-electron chi connectivity index (χ1n) is 25.8. The monoisotopic (exact) mass is 1230 g/mol. The van der Waals surface area contributed by atoms with Crippen molar-refractivity contribution in [2.24, 2.45) is 0 Å². The van der Waals surface area contributed by atoms with Crippen molar-refractivity contribution in [1.82, 2.24) is 9.97 Å². The molecule has 0 aliphatic carbocycles. The molecule has 0 unspecified atom stereocenters. The van der Waals surface area contributed by atoms with E-state index >= 15 is 0 Å². The van der Waals surface area contributed by atoms with E-state index in [-0.39, 0.29) is 24.5 Å². The fourth-order valence-electron chi connectivity index (χ4n) is 4.82. The van der Waals surface area contributed by atoms with Gasteiger partial charge in [-0.2, -0.15) is 0 Å². The number of nitrogens with one attached hydrogen (secondary N) is 2. The maximum atomic E-state index is 10.5. The van der Waals surface area contributed by atoms with Crippen molar-refractivity contribution in [2.45, 2.75) is 124 Å². The van der Waals surface area contributed by atoms with E-state index < -0.39 is 22.8 Å². The highest BCUT2D eigenvalue weighted by Gasteiger charge is 2.10. The molecule has 16 nitrogen and oxygen atoms in total. The predicted molar refractivity (Wildman–Crippen MR) is 356 cm³/mol. The van der Waals surface area contributed by atoms with Gasteiger partial charge in [0.2, 0.25) is 0 Å². The molecule has 0 aliphatic rings. The van der Waals surface area contributed by atoms with E-state index in [9.17, 15) is 30.3 Å². The molecule has 0 amide bonds. The van der Waals surface area contributed by atoms with Gasteiger partial charge in [0.1, 0.15) is 8.07 Å². The molecule has 0 aliphatic heterocycles. The molecule has 0 saturated heterocycles. The van der Waals surface area contributed by atoms with Gasteiger partial charge >= 0.3 is 0 Å². The lowest BCUT2D eigenvalue weighted by Gasteiger charge is -2.04. The van der Waals surface area contributed by atoms with Crippen LogP contribution >= 0.6 is 31.9 Å². The third kappa shape index (κ3) is 37.7. The Balaban J connectivity index is -0.000000195. The molecule has 0 atom stereocenters. The van der Waals surface area contributed by atoms with E-state index in [2.05, 4.69) is 72.9 Å². The maximum absolute atomic E-state index is 10.5. The van der Waals surface area contributed by atoms with Crippen molar-refractivity contribution in [3.8, 4) is 11.5 Å². The Bertz CT molecular complexity index is 2860. The molecule has 6 aromatic carbocycles. The van der Waals surface area contributed by atoms with Crippen LogP contribution in [0.3, 0.4) is 0 Å². The highest BCUT2D eigenvalue weighted by atomic mass is 79.9. The molecule has 19 heteroatoms. The molecule has 12 N–H and O–H groups in total. The molecule has 8 aromatic rings. The standard InChI is InChI=1S/C11H14N2O2Si.C8H6N2O2.C8H8N2.C6H5BrN2O2.C6H6BrN.C6H7N.7C2H6.CH4/c1-16(2,3)7-6-9-4-5-10(13(14)15)8-11(9)12;11-10(12)7-2-1-6-3-4-9-8(6)5-7;9-7-2-1-6-3-4-10-8(6)5-7;7-5-2-1-4(9(10)11)3-6(5)8;7-5-3-1-2-4-6(5)8;7-6-4-2-1-3-5-6;7*1-2;/h4-5,8H,12H2,1-3H3;1-5,9H;1-5,10H,9H2;1-3H,8H2;1-4H,8H2;1-5H,7H2;7*1-2H3;1H4. The number of nitro groups is 3. The Kier molecular flexibility index (Phi) is 53.5. The van der Waals surface area contributed by atoms with Crippen LogP contribution in [0.5, 0.6) is 0 Å². The molecular formula is C60H92Br2N10O6Si. The van der Waals surface area contributed by atoms with Gasteiger partial charge in [-0.25, -0.2) is 0 Å². The van der Waals surface area contributed by atoms with Crippen molar-refractivity contribution in [2.75, 3.05) is 28.7 Å². The summed E-state index contributed by atoms with van der Waals surface area (Å²) < 4.78 is 1.63. The van der Waals surface area contributed by atoms with Crippen LogP contribution in [0.4, 0.5) is 45.5 Å². The number of anilines is 5. The molecule has 436 valence electrons. The van der Waals surface area contributed by atoms with Gasteiger partial charge in [0.05, 0.1) is 31.7 Å². The number of nitro benzene ring substituents is 3. The topological polar surface area (TPSA) is 291 Å². The van der Waals surface area contributed by atoms with Crippen molar-refractivity contribution in [3.05, 3.63) is 197 Å². The zero-order chi connectivity index (χ0) is 61.4. The quantitative estimate of drug-likeness (QED) is 0.0287. The summed E-state index contributed by atoms with van der Waals surface area (Å²) in [7, 11) is -1.45. The lowest BCUT2D eigenvalue weighted by Crippen LogP contribution is -2.16. The molecule has 0 fully saturated rings. The molecule has 2 heterocycles. The minimum absolute atomic E-state index is 0. The Morgan fingerprint density at radius 3 is 1.19 bits per heavy atom. The van der Waals surface area contributed by atoms with Crippen molar-refractivity contribution in [1.29, 1.82) is 0 Å². The van der Waals surface area contributed by atoms with Crippen molar-refractivity contribution < 1.29 is 14.8 Å². The van der Waals surface area contributed by atoms with Crippen LogP contribution in [0.15, 0.2) is 161 Å². The number of aromatic nitrogens is 2. The molecule has 0 spiro atoms. The number of nitrogen functional groups attached to an aromatic ring is 5. The van der Waals surface area contributed by atoms with Gasteiger partial charge in [0.25, 0.3) is 17.1 Å². The van der Waals surface area contributed by atoms with Gasteiger partial charge in [-0.15, -0.1) is 5.54 Å². The summed E-state index contributed by atoms with van der Waals surface area (Å²) in [4.78, 5) is 35.7. The number of hydrogen-bond donors (Lipinski definition) is 7. The Morgan fingerprint density at radius 1 is 0.430 bits per heavy atom. The van der Waals surface area contributed by atoms with Gasteiger partial charge < -0.3 is 38.6 Å². The largest absolute Gasteiger partial charge is 0.399 e. The molecule has 8 rings (SSSR count). The average molecular weight is 1240 g/mol. The third-order valence-corrected chi connectivity index (χ3v) is 10.4. The summed E-state index contributed by atoms with van der Waals surface area (Å²) in [6.07, 6.45) is 3.67. The zero-order valence-electron chi connectivity index (χ0n) is 48.9.